The van der Waals surface area contributed by atoms with E-state index in [1.165, 1.54) is 24.1 Å². The highest BCUT2D eigenvalue weighted by Crippen LogP contribution is 2.27. The van der Waals surface area contributed by atoms with Gasteiger partial charge in [0.25, 0.3) is 5.91 Å². The summed E-state index contributed by atoms with van der Waals surface area (Å²) in [5.41, 5.74) is 3.11. The first-order valence-electron chi connectivity index (χ1n) is 10.3. The third kappa shape index (κ3) is 4.37. The summed E-state index contributed by atoms with van der Waals surface area (Å²) in [6.45, 7) is 11.8. The number of likely N-dealkylation sites (tertiary alicyclic amines) is 1. The van der Waals surface area contributed by atoms with Crippen molar-refractivity contribution in [1.82, 2.24) is 20.0 Å². The molecule has 1 N–H and O–H groups in total. The first-order valence-corrected chi connectivity index (χ1v) is 10.3. The van der Waals surface area contributed by atoms with Gasteiger partial charge in [0.1, 0.15) is 0 Å². The van der Waals surface area contributed by atoms with Crippen molar-refractivity contribution in [2.75, 3.05) is 19.6 Å². The zero-order chi connectivity index (χ0) is 18.5. The molecule has 2 heterocycles. The maximum atomic E-state index is 13.1. The normalized spacial score (nSPS) is 20.3. The lowest BCUT2D eigenvalue weighted by molar-refractivity contribution is 0.0716. The van der Waals surface area contributed by atoms with Gasteiger partial charge >= 0.3 is 0 Å². The second-order valence-corrected chi connectivity index (χ2v) is 8.17. The number of rotatable bonds is 7. The van der Waals surface area contributed by atoms with Crippen molar-refractivity contribution in [3.63, 3.8) is 0 Å². The third-order valence-electron chi connectivity index (χ3n) is 5.65. The van der Waals surface area contributed by atoms with Crippen molar-refractivity contribution in [3.05, 3.63) is 29.6 Å². The molecule has 0 unspecified atom stereocenters. The van der Waals surface area contributed by atoms with Crippen molar-refractivity contribution < 1.29 is 4.79 Å². The van der Waals surface area contributed by atoms with Gasteiger partial charge in [0.15, 0.2) is 5.69 Å². The highest BCUT2D eigenvalue weighted by molar-refractivity contribution is 5.94. The fourth-order valence-electron chi connectivity index (χ4n) is 4.13. The van der Waals surface area contributed by atoms with E-state index >= 15 is 0 Å². The van der Waals surface area contributed by atoms with Crippen LogP contribution >= 0.6 is 0 Å². The van der Waals surface area contributed by atoms with E-state index in [0.717, 1.165) is 51.7 Å². The number of piperidine rings is 1. The maximum Gasteiger partial charge on any atom is 0.274 e. The Morgan fingerprint density at radius 3 is 2.81 bits per heavy atom. The molecule has 3 rings (SSSR count). The molecule has 0 spiro atoms. The average Bonchev–Trinajstić information content (AvgIpc) is 3.00. The second kappa shape index (κ2) is 8.85. The summed E-state index contributed by atoms with van der Waals surface area (Å²) in [7, 11) is 0. The Hall–Kier alpha value is -1.62. The number of carbonyl (C=O) groups excluding carboxylic acids is 1. The lowest BCUT2D eigenvalue weighted by Gasteiger charge is -2.28. The molecule has 2 aliphatic rings. The zero-order valence-electron chi connectivity index (χ0n) is 16.5. The maximum absolute atomic E-state index is 13.1. The molecule has 0 bridgehead atoms. The number of fused-ring (bicyclic) bond motifs is 1. The summed E-state index contributed by atoms with van der Waals surface area (Å²) >= 11 is 0. The van der Waals surface area contributed by atoms with Crippen molar-refractivity contribution in [3.8, 4) is 0 Å². The summed E-state index contributed by atoms with van der Waals surface area (Å²) in [4.78, 5) is 15.1. The predicted octanol–water partition coefficient (Wildman–Crippen LogP) is 3.19. The smallest absolute Gasteiger partial charge is 0.274 e. The monoisotopic (exact) mass is 358 g/mol. The van der Waals surface area contributed by atoms with Crippen LogP contribution in [0.25, 0.3) is 0 Å². The second-order valence-electron chi connectivity index (χ2n) is 8.17. The van der Waals surface area contributed by atoms with Crippen LogP contribution in [-0.4, -0.2) is 46.3 Å². The van der Waals surface area contributed by atoms with Gasteiger partial charge in [-0.05, 0) is 57.4 Å². The van der Waals surface area contributed by atoms with Crippen LogP contribution in [0.3, 0.4) is 0 Å². The average molecular weight is 359 g/mol. The van der Waals surface area contributed by atoms with Gasteiger partial charge in [0.05, 0.1) is 6.54 Å². The predicted molar refractivity (Wildman–Crippen MR) is 105 cm³/mol. The SMILES string of the molecule is C=CCn1nc(C(=O)N2CCCCC2)c2c1CC[C@@H](NCCC(C)C)C2. The number of hydrogen-bond acceptors (Lipinski definition) is 3. The Bertz CT molecular complexity index is 628. The van der Waals surface area contributed by atoms with Crippen molar-refractivity contribution in [2.24, 2.45) is 5.92 Å². The summed E-state index contributed by atoms with van der Waals surface area (Å²) in [6.07, 6.45) is 9.54. The summed E-state index contributed by atoms with van der Waals surface area (Å²) in [5.74, 6) is 0.847. The standard InChI is InChI=1S/C21H34N4O/c1-4-12-25-19-9-8-17(22-11-10-16(2)3)15-18(19)20(23-25)21(26)24-13-6-5-7-14-24/h4,16-17,22H,1,5-15H2,2-3H3/t17-/m1/s1. The van der Waals surface area contributed by atoms with E-state index in [0.29, 0.717) is 24.2 Å². The summed E-state index contributed by atoms with van der Waals surface area (Å²) in [5, 5.41) is 8.42. The molecule has 5 heteroatoms. The first-order chi connectivity index (χ1) is 12.6. The fourth-order valence-corrected chi connectivity index (χ4v) is 4.13. The van der Waals surface area contributed by atoms with Gasteiger partial charge in [-0.15, -0.1) is 6.58 Å². The summed E-state index contributed by atoms with van der Waals surface area (Å²) < 4.78 is 2.00. The van der Waals surface area contributed by atoms with E-state index in [4.69, 9.17) is 5.10 Å². The molecular formula is C21H34N4O. The number of nitrogens with zero attached hydrogens (tertiary/aromatic N) is 3. The van der Waals surface area contributed by atoms with Crippen molar-refractivity contribution in [1.29, 1.82) is 0 Å². The van der Waals surface area contributed by atoms with Gasteiger partial charge in [0.2, 0.25) is 0 Å². The lowest BCUT2D eigenvalue weighted by Crippen LogP contribution is -2.38. The minimum absolute atomic E-state index is 0.131. The van der Waals surface area contributed by atoms with Gasteiger partial charge in [-0.3, -0.25) is 9.48 Å². The molecule has 1 atom stereocenters. The third-order valence-corrected chi connectivity index (χ3v) is 5.65. The van der Waals surface area contributed by atoms with Gasteiger partial charge in [-0.2, -0.15) is 5.10 Å². The minimum atomic E-state index is 0.131. The van der Waals surface area contributed by atoms with E-state index in [1.807, 2.05) is 15.7 Å². The Labute approximate surface area is 157 Å². The molecule has 1 amide bonds. The van der Waals surface area contributed by atoms with Crippen LogP contribution in [0.15, 0.2) is 12.7 Å². The largest absolute Gasteiger partial charge is 0.337 e. The zero-order valence-corrected chi connectivity index (χ0v) is 16.5. The number of carbonyl (C=O) groups is 1. The van der Waals surface area contributed by atoms with E-state index in [-0.39, 0.29) is 5.91 Å². The summed E-state index contributed by atoms with van der Waals surface area (Å²) in [6, 6.07) is 0.454. The Morgan fingerprint density at radius 2 is 2.12 bits per heavy atom. The Kier molecular flexibility index (Phi) is 6.52. The number of aromatic nitrogens is 2. The van der Waals surface area contributed by atoms with Crippen LogP contribution in [0.1, 0.15) is 67.7 Å². The first kappa shape index (κ1) is 19.2. The number of allylic oxidation sites excluding steroid dienone is 1. The molecule has 1 aliphatic carbocycles. The van der Waals surface area contributed by atoms with Gasteiger partial charge in [-0.1, -0.05) is 19.9 Å². The molecular weight excluding hydrogens is 324 g/mol. The number of hydrogen-bond donors (Lipinski definition) is 1. The highest BCUT2D eigenvalue weighted by Gasteiger charge is 2.31. The van der Waals surface area contributed by atoms with Crippen LogP contribution in [-0.2, 0) is 19.4 Å². The molecule has 0 radical (unpaired) electrons. The molecule has 144 valence electrons. The lowest BCUT2D eigenvalue weighted by atomic mass is 9.90. The Balaban J connectivity index is 1.77. The van der Waals surface area contributed by atoms with E-state index in [9.17, 15) is 4.79 Å². The quantitative estimate of drug-likeness (QED) is 0.762. The number of amides is 1. The minimum Gasteiger partial charge on any atom is -0.337 e. The molecule has 26 heavy (non-hydrogen) atoms. The molecule has 1 fully saturated rings. The highest BCUT2D eigenvalue weighted by atomic mass is 16.2. The van der Waals surface area contributed by atoms with Gasteiger partial charge < -0.3 is 10.2 Å². The van der Waals surface area contributed by atoms with Crippen molar-refractivity contribution >= 4 is 5.91 Å². The molecule has 0 aromatic carbocycles. The fraction of sp³-hybridized carbons (Fsp3) is 0.714. The van der Waals surface area contributed by atoms with E-state index < -0.39 is 0 Å². The topological polar surface area (TPSA) is 50.2 Å². The number of nitrogens with one attached hydrogen (secondary N) is 1. The molecule has 1 saturated heterocycles. The van der Waals surface area contributed by atoms with E-state index in [2.05, 4.69) is 25.7 Å². The van der Waals surface area contributed by atoms with Gasteiger partial charge in [-0.25, -0.2) is 0 Å². The molecule has 1 aromatic rings. The van der Waals surface area contributed by atoms with Crippen molar-refractivity contribution in [2.45, 2.75) is 71.4 Å². The van der Waals surface area contributed by atoms with Gasteiger partial charge in [0, 0.05) is 30.4 Å². The molecule has 1 aliphatic heterocycles. The van der Waals surface area contributed by atoms with E-state index in [1.54, 1.807) is 0 Å². The van der Waals surface area contributed by atoms with Crippen LogP contribution < -0.4 is 5.32 Å². The van der Waals surface area contributed by atoms with Crippen LogP contribution in [0.2, 0.25) is 0 Å². The van der Waals surface area contributed by atoms with Crippen LogP contribution in [0, 0.1) is 5.92 Å². The van der Waals surface area contributed by atoms with Crippen LogP contribution in [0.4, 0.5) is 0 Å². The molecule has 0 saturated carbocycles. The molecule has 5 nitrogen and oxygen atoms in total. The molecule has 1 aromatic heterocycles. The van der Waals surface area contributed by atoms with Crippen LogP contribution in [0.5, 0.6) is 0 Å². The Morgan fingerprint density at radius 1 is 1.35 bits per heavy atom.